The predicted molar refractivity (Wildman–Crippen MR) is 194 cm³/mol. The molecule has 5 heterocycles. The van der Waals surface area contributed by atoms with Crippen molar-refractivity contribution < 1.29 is 4.39 Å². The van der Waals surface area contributed by atoms with Crippen molar-refractivity contribution in [1.29, 1.82) is 0 Å². The Kier molecular flexibility index (Phi) is 11.4. The molecular formula is C32H35Cl2FN8S3. The van der Waals surface area contributed by atoms with Crippen LogP contribution in [-0.2, 0) is 25.9 Å². The number of thiophene rings is 3. The molecular weight excluding hydrogens is 683 g/mol. The van der Waals surface area contributed by atoms with E-state index in [-0.39, 0.29) is 27.8 Å². The number of aromatic nitrogens is 4. The largest absolute Gasteiger partial charge is 0.365 e. The second-order valence-corrected chi connectivity index (χ2v) is 15.1. The van der Waals surface area contributed by atoms with E-state index in [1.54, 1.807) is 28.7 Å². The Morgan fingerprint density at radius 3 is 1.67 bits per heavy atom. The number of hydrogen-bond donors (Lipinski definition) is 4. The number of aryl methyl sites for hydroxylation is 2. The lowest BCUT2D eigenvalue weighted by atomic mass is 10.1. The van der Waals surface area contributed by atoms with E-state index in [4.69, 9.17) is 34.7 Å². The number of anilines is 2. The first-order valence-corrected chi connectivity index (χ1v) is 17.9. The molecule has 0 fully saturated rings. The molecule has 6 aromatic rings. The zero-order valence-electron chi connectivity index (χ0n) is 25.8. The van der Waals surface area contributed by atoms with E-state index < -0.39 is 0 Å². The summed E-state index contributed by atoms with van der Waals surface area (Å²) in [6, 6.07) is 13.6. The van der Waals surface area contributed by atoms with E-state index >= 15 is 0 Å². The van der Waals surface area contributed by atoms with Gasteiger partial charge in [-0.25, -0.2) is 9.97 Å². The van der Waals surface area contributed by atoms with Crippen LogP contribution in [0.15, 0.2) is 42.5 Å². The Balaban J connectivity index is 0.000000181. The second kappa shape index (κ2) is 15.3. The molecule has 242 valence electrons. The Hall–Kier alpha value is -2.97. The summed E-state index contributed by atoms with van der Waals surface area (Å²) in [5.41, 5.74) is 17.1. The van der Waals surface area contributed by atoms with Crippen molar-refractivity contribution in [3.63, 3.8) is 0 Å². The normalized spacial score (nSPS) is 12.6. The van der Waals surface area contributed by atoms with Crippen LogP contribution in [0.4, 0.5) is 16.0 Å². The van der Waals surface area contributed by atoms with Crippen molar-refractivity contribution in [2.45, 2.75) is 65.7 Å². The molecule has 0 saturated carbocycles. The molecule has 0 aliphatic carbocycles. The van der Waals surface area contributed by atoms with Crippen LogP contribution in [0.1, 0.15) is 45.2 Å². The number of rotatable bonds is 10. The topological polar surface area (TPSA) is 128 Å². The maximum Gasteiger partial charge on any atom is 0.224 e. The van der Waals surface area contributed by atoms with Gasteiger partial charge in [-0.2, -0.15) is 14.4 Å². The number of nitrogens with zero attached hydrogens (tertiary/aromatic N) is 4. The average molecular weight is 718 g/mol. The number of nitrogens with two attached hydrogens (primary N) is 2. The molecule has 0 spiro atoms. The van der Waals surface area contributed by atoms with Crippen LogP contribution in [-0.4, -0.2) is 32.0 Å². The molecule has 1 aromatic carbocycles. The average Bonchev–Trinajstić information content (AvgIpc) is 3.66. The number of halogens is 3. The monoisotopic (exact) mass is 716 g/mol. The van der Waals surface area contributed by atoms with Crippen molar-refractivity contribution in [2.75, 3.05) is 10.6 Å². The minimum Gasteiger partial charge on any atom is -0.365 e. The van der Waals surface area contributed by atoms with Gasteiger partial charge in [0.25, 0.3) is 0 Å². The van der Waals surface area contributed by atoms with Crippen molar-refractivity contribution in [3.05, 3.63) is 89.5 Å². The third-order valence-corrected chi connectivity index (χ3v) is 10.9. The first-order chi connectivity index (χ1) is 22.0. The second-order valence-electron chi connectivity index (χ2n) is 11.1. The fourth-order valence-corrected chi connectivity index (χ4v) is 8.53. The summed E-state index contributed by atoms with van der Waals surface area (Å²) < 4.78 is 15.1. The molecule has 6 rings (SSSR count). The van der Waals surface area contributed by atoms with Crippen molar-refractivity contribution >= 4 is 89.3 Å². The summed E-state index contributed by atoms with van der Waals surface area (Å²) in [7, 11) is 0. The minimum atomic E-state index is -0.196. The third kappa shape index (κ3) is 8.48. The van der Waals surface area contributed by atoms with Crippen LogP contribution in [0.5, 0.6) is 0 Å². The molecule has 0 aliphatic heterocycles. The summed E-state index contributed by atoms with van der Waals surface area (Å²) in [5, 5.41) is 6.89. The van der Waals surface area contributed by atoms with E-state index in [9.17, 15) is 4.39 Å². The van der Waals surface area contributed by atoms with E-state index in [2.05, 4.69) is 49.6 Å². The van der Waals surface area contributed by atoms with Gasteiger partial charge in [-0.3, -0.25) is 0 Å². The number of nitrogens with one attached hydrogen (secondary N) is 2. The van der Waals surface area contributed by atoms with Gasteiger partial charge < -0.3 is 22.1 Å². The zero-order valence-corrected chi connectivity index (χ0v) is 29.8. The van der Waals surface area contributed by atoms with Gasteiger partial charge in [-0.1, -0.05) is 30.3 Å². The van der Waals surface area contributed by atoms with Gasteiger partial charge in [0.2, 0.25) is 10.6 Å². The van der Waals surface area contributed by atoms with Gasteiger partial charge in [0.1, 0.15) is 11.6 Å². The minimum absolute atomic E-state index is 0.0793. The molecule has 8 nitrogen and oxygen atoms in total. The van der Waals surface area contributed by atoms with Gasteiger partial charge in [0, 0.05) is 33.3 Å². The molecule has 6 N–H and O–H groups in total. The Bertz CT molecular complexity index is 1940. The highest BCUT2D eigenvalue weighted by Gasteiger charge is 2.18. The summed E-state index contributed by atoms with van der Waals surface area (Å²) in [4.78, 5) is 20.7. The summed E-state index contributed by atoms with van der Waals surface area (Å²) in [5.74, 6) is 1.46. The molecule has 5 aromatic heterocycles. The fourth-order valence-electron chi connectivity index (χ4n) is 4.82. The van der Waals surface area contributed by atoms with Crippen LogP contribution >= 0.6 is 57.2 Å². The number of hydrogen-bond acceptors (Lipinski definition) is 11. The van der Waals surface area contributed by atoms with E-state index in [0.29, 0.717) is 18.9 Å². The summed E-state index contributed by atoms with van der Waals surface area (Å²) in [6.45, 7) is 9.28. The standard InChI is InChI=1S/C17H19ClN4S.C15H16ClFN4S2/c1-10(19)8-13-11(2)14-15(23-13)16(22-17(18)21-14)20-9-12-6-4-3-5-7-12;1-7(18)5-10-8(2)12-13(23-10)14(21-15(16)20-12)19-6-9-3-4-11(17)22-9/h3-7,10H,8-9,19H2,1-2H3,(H,20,21,22);3-4,7H,5-6,18H2,1-2H3,(H,19,20,21). The lowest BCUT2D eigenvalue weighted by molar-refractivity contribution is 0.657. The first-order valence-electron chi connectivity index (χ1n) is 14.7. The highest BCUT2D eigenvalue weighted by Crippen LogP contribution is 2.37. The van der Waals surface area contributed by atoms with Crippen LogP contribution in [0, 0.1) is 19.0 Å². The van der Waals surface area contributed by atoms with Gasteiger partial charge >= 0.3 is 0 Å². The van der Waals surface area contributed by atoms with Crippen molar-refractivity contribution in [2.24, 2.45) is 11.5 Å². The van der Waals surface area contributed by atoms with Crippen molar-refractivity contribution in [1.82, 2.24) is 19.9 Å². The van der Waals surface area contributed by atoms with Gasteiger partial charge in [-0.05, 0) is 92.6 Å². The fraction of sp³-hybridized carbons (Fsp3) is 0.312. The Labute approximate surface area is 289 Å². The van der Waals surface area contributed by atoms with Crippen molar-refractivity contribution in [3.8, 4) is 0 Å². The summed E-state index contributed by atoms with van der Waals surface area (Å²) >= 11 is 16.6. The molecule has 0 bridgehead atoms. The maximum atomic E-state index is 13.1. The molecule has 2 atom stereocenters. The van der Waals surface area contributed by atoms with E-state index in [0.717, 1.165) is 66.4 Å². The van der Waals surface area contributed by atoms with E-state index in [1.165, 1.54) is 21.4 Å². The number of fused-ring (bicyclic) bond motifs is 2. The zero-order chi connectivity index (χ0) is 33.0. The van der Waals surface area contributed by atoms with Gasteiger partial charge in [0.05, 0.1) is 27.0 Å². The molecule has 46 heavy (non-hydrogen) atoms. The highest BCUT2D eigenvalue weighted by molar-refractivity contribution is 7.20. The molecule has 0 saturated heterocycles. The molecule has 2 unspecified atom stereocenters. The lowest BCUT2D eigenvalue weighted by Gasteiger charge is -2.07. The van der Waals surface area contributed by atoms with E-state index in [1.807, 2.05) is 39.0 Å². The predicted octanol–water partition coefficient (Wildman–Crippen LogP) is 8.51. The SMILES string of the molecule is Cc1c(CC(C)N)sc2c(NCc3ccc(F)s3)nc(Cl)nc12.Cc1c(CC(C)N)sc2c(NCc3ccccc3)nc(Cl)nc12. The Morgan fingerprint density at radius 2 is 1.22 bits per heavy atom. The third-order valence-electron chi connectivity index (χ3n) is 7.05. The molecule has 0 aliphatic rings. The first kappa shape index (κ1) is 34.4. The van der Waals surface area contributed by atoms with Gasteiger partial charge in [0.15, 0.2) is 5.13 Å². The Morgan fingerprint density at radius 1 is 0.717 bits per heavy atom. The van der Waals surface area contributed by atoms with Crippen LogP contribution in [0.3, 0.4) is 0 Å². The number of benzene rings is 1. The quantitative estimate of drug-likeness (QED) is 0.104. The van der Waals surface area contributed by atoms with Gasteiger partial charge in [-0.15, -0.1) is 34.0 Å². The molecule has 14 heteroatoms. The summed E-state index contributed by atoms with van der Waals surface area (Å²) in [6.07, 6.45) is 1.63. The molecule has 0 radical (unpaired) electrons. The highest BCUT2D eigenvalue weighted by atomic mass is 35.5. The van der Waals surface area contributed by atoms with Crippen LogP contribution < -0.4 is 22.1 Å². The smallest absolute Gasteiger partial charge is 0.224 e. The maximum absolute atomic E-state index is 13.1. The van der Waals surface area contributed by atoms with Crippen LogP contribution in [0.2, 0.25) is 10.6 Å². The molecule has 0 amide bonds. The van der Waals surface area contributed by atoms with Crippen LogP contribution in [0.25, 0.3) is 20.4 Å². The lowest BCUT2D eigenvalue weighted by Crippen LogP contribution is -2.17.